The number of nitrogens with one attached hydrogen (secondary N) is 4. The minimum Gasteiger partial charge on any atom is -0.468 e. The predicted molar refractivity (Wildman–Crippen MR) is 287 cm³/mol. The molecule has 1 radical (unpaired) electrons. The average Bonchev–Trinajstić information content (AvgIpc) is 3.69. The Balaban J connectivity index is 1.59. The van der Waals surface area contributed by atoms with E-state index >= 15 is 0 Å². The summed E-state index contributed by atoms with van der Waals surface area (Å²) in [6.45, 7) is 6.10. The molecule has 3 rings (SSSR count). The summed E-state index contributed by atoms with van der Waals surface area (Å²) in [4.78, 5) is 145. The van der Waals surface area contributed by atoms with E-state index in [-0.39, 0.29) is 102 Å². The van der Waals surface area contributed by atoms with E-state index in [2.05, 4.69) is 21.3 Å². The molecule has 0 unspecified atom stereocenters. The summed E-state index contributed by atoms with van der Waals surface area (Å²) >= 11 is 16.9. The van der Waals surface area contributed by atoms with E-state index in [1.165, 1.54) is 16.7 Å². The van der Waals surface area contributed by atoms with Crippen LogP contribution in [-0.2, 0) is 52.6 Å². The summed E-state index contributed by atoms with van der Waals surface area (Å²) in [6, 6.07) is 15.7. The van der Waals surface area contributed by atoms with Gasteiger partial charge in [0.2, 0.25) is 45.1 Å². The molecule has 0 aromatic heterocycles. The first-order valence-corrected chi connectivity index (χ1v) is 26.2. The number of ether oxygens (including phenoxy) is 3. The number of amides is 8. The molecular weight excluding hydrogens is 1070 g/mol. The van der Waals surface area contributed by atoms with Gasteiger partial charge in [-0.15, -0.1) is 0 Å². The second-order valence-corrected chi connectivity index (χ2v) is 21.3. The number of ketones is 2. The van der Waals surface area contributed by atoms with E-state index in [9.17, 15) is 52.7 Å². The van der Waals surface area contributed by atoms with Crippen LogP contribution in [0.5, 0.6) is 0 Å². The van der Waals surface area contributed by atoms with Crippen LogP contribution in [0, 0.1) is 0 Å². The van der Waals surface area contributed by atoms with E-state index in [0.717, 1.165) is 39.3 Å². The van der Waals surface area contributed by atoms with E-state index in [1.54, 1.807) is 34.6 Å². The van der Waals surface area contributed by atoms with Crippen molar-refractivity contribution in [2.24, 2.45) is 0 Å². The minimum absolute atomic E-state index is 0.0158. The van der Waals surface area contributed by atoms with Crippen molar-refractivity contribution in [3.05, 3.63) is 59.7 Å². The van der Waals surface area contributed by atoms with Gasteiger partial charge in [-0.3, -0.25) is 43.2 Å². The third kappa shape index (κ3) is 24.6. The Labute approximate surface area is 464 Å². The molecule has 4 N–H and O–H groups in total. The number of Topliss-reactive ketones (excluding diaryl/α,β-unsaturated/α-hetero) is 2. The van der Waals surface area contributed by atoms with Crippen LogP contribution >= 0.6 is 34.8 Å². The molecule has 2 aromatic rings. The number of benzene rings is 2. The molecule has 22 nitrogen and oxygen atoms in total. The van der Waals surface area contributed by atoms with Gasteiger partial charge in [0.25, 0.3) is 7.28 Å². The first kappa shape index (κ1) is 64.8. The number of carbonyl (C=O) groups excluding carboxylic acids is 11. The Morgan fingerprint density at radius 3 is 1.58 bits per heavy atom. The molecule has 1 aliphatic carbocycles. The standard InChI is InChI=1S/C51H69BCl3N8O14/c1-7-43(68)60(30-41(66)57-20-24-63(45(70)26-52-47(72)77-50(4,5)6)31-42(67)56-19-23-61(28-34(3)64)44(69)8-2)22-13-14-35(65)29-62(46(71)27-59-49(74)76-33-51(53,54)55)25-21-58-48(73)75-32-40-38-17-11-9-15-36(38)37-16-10-12-18-39(37)40/h9-12,15-18,40H,7-8,13-14,19-33H2,1-6H3,(H,56,67)(H,57,66)(H,58,73)(H,59,74). The number of hydrogen-bond donors (Lipinski definition) is 4. The number of rotatable bonds is 31. The fourth-order valence-corrected chi connectivity index (χ4v) is 7.97. The van der Waals surface area contributed by atoms with Gasteiger partial charge in [-0.1, -0.05) is 97.2 Å². The maximum atomic E-state index is 13.4. The average molecular weight is 1140 g/mol. The summed E-state index contributed by atoms with van der Waals surface area (Å²) in [7, 11) is 1.03. The second-order valence-electron chi connectivity index (χ2n) is 18.8. The number of alkyl carbamates (subject to hydrolysis) is 2. The Kier molecular flexibility index (Phi) is 27.2. The van der Waals surface area contributed by atoms with Gasteiger partial charge in [0.1, 0.15) is 31.1 Å². The van der Waals surface area contributed by atoms with Crippen molar-refractivity contribution in [3.63, 3.8) is 0 Å². The molecule has 8 amide bonds. The van der Waals surface area contributed by atoms with Gasteiger partial charge < -0.3 is 55.1 Å². The summed E-state index contributed by atoms with van der Waals surface area (Å²) in [5.74, 6) is -4.95. The quantitative estimate of drug-likeness (QED) is 0.0473. The lowest BCUT2D eigenvalue weighted by atomic mass is 9.74. The molecule has 2 aromatic carbocycles. The largest absolute Gasteiger partial charge is 0.468 e. The zero-order valence-electron chi connectivity index (χ0n) is 44.3. The fourth-order valence-electron chi connectivity index (χ4n) is 7.81. The van der Waals surface area contributed by atoms with Crippen LogP contribution in [0.1, 0.15) is 84.3 Å². The highest BCUT2D eigenvalue weighted by Crippen LogP contribution is 2.44. The number of nitrogens with zero attached hydrogens (tertiary/aromatic N) is 4. The number of alkyl halides is 3. The molecule has 0 bridgehead atoms. The Morgan fingerprint density at radius 1 is 0.597 bits per heavy atom. The van der Waals surface area contributed by atoms with Gasteiger partial charge in [0, 0.05) is 77.3 Å². The van der Waals surface area contributed by atoms with Crippen molar-refractivity contribution < 1.29 is 67.0 Å². The fraction of sp³-hybridized carbons (Fsp3) is 0.549. The van der Waals surface area contributed by atoms with Gasteiger partial charge in [-0.25, -0.2) is 9.59 Å². The van der Waals surface area contributed by atoms with Crippen LogP contribution in [0.3, 0.4) is 0 Å². The van der Waals surface area contributed by atoms with E-state index in [0.29, 0.717) is 0 Å². The summed E-state index contributed by atoms with van der Waals surface area (Å²) in [6.07, 6.45) is -2.18. The van der Waals surface area contributed by atoms with Crippen LogP contribution in [0.2, 0.25) is 6.32 Å². The van der Waals surface area contributed by atoms with Gasteiger partial charge >= 0.3 is 12.2 Å². The third-order valence-electron chi connectivity index (χ3n) is 11.4. The smallest absolute Gasteiger partial charge is 0.407 e. The van der Waals surface area contributed by atoms with Crippen LogP contribution in [0.4, 0.5) is 14.4 Å². The molecule has 0 fully saturated rings. The maximum Gasteiger partial charge on any atom is 0.407 e. The zero-order chi connectivity index (χ0) is 57.3. The lowest BCUT2D eigenvalue weighted by molar-refractivity contribution is -0.136. The van der Waals surface area contributed by atoms with Gasteiger partial charge in [0.15, 0.2) is 5.78 Å². The van der Waals surface area contributed by atoms with Crippen molar-refractivity contribution in [2.45, 2.75) is 88.9 Å². The highest BCUT2D eigenvalue weighted by atomic mass is 35.6. The highest BCUT2D eigenvalue weighted by Gasteiger charge is 2.30. The number of halogens is 3. The normalized spacial score (nSPS) is 11.6. The first-order chi connectivity index (χ1) is 36.3. The number of hydrogen-bond acceptors (Lipinski definition) is 14. The van der Waals surface area contributed by atoms with Crippen LogP contribution in [0.15, 0.2) is 48.5 Å². The molecule has 0 saturated heterocycles. The zero-order valence-corrected chi connectivity index (χ0v) is 46.6. The first-order valence-electron chi connectivity index (χ1n) is 25.1. The van der Waals surface area contributed by atoms with Crippen molar-refractivity contribution >= 4 is 107 Å². The topological polar surface area (TPSA) is 277 Å². The van der Waals surface area contributed by atoms with E-state index < -0.39 is 102 Å². The molecule has 26 heteroatoms. The van der Waals surface area contributed by atoms with Crippen molar-refractivity contribution in [2.75, 3.05) is 91.8 Å². The van der Waals surface area contributed by atoms with Gasteiger partial charge in [0.05, 0.1) is 26.2 Å². The number of fused-ring (bicyclic) bond motifs is 3. The predicted octanol–water partition coefficient (Wildman–Crippen LogP) is 3.98. The Bertz CT molecular complexity index is 2370. The van der Waals surface area contributed by atoms with Crippen LogP contribution < -0.4 is 21.3 Å². The second kappa shape index (κ2) is 32.3. The summed E-state index contributed by atoms with van der Waals surface area (Å²) in [5, 5.41) is 10.1. The number of carbonyl (C=O) groups is 11. The molecule has 77 heavy (non-hydrogen) atoms. The summed E-state index contributed by atoms with van der Waals surface area (Å²) in [5.41, 5.74) is 3.30. The van der Waals surface area contributed by atoms with Crippen LogP contribution in [-0.4, -0.2) is 193 Å². The van der Waals surface area contributed by atoms with E-state index in [4.69, 9.17) is 49.0 Å². The Morgan fingerprint density at radius 2 is 1.08 bits per heavy atom. The van der Waals surface area contributed by atoms with Crippen molar-refractivity contribution in [3.8, 4) is 11.1 Å². The molecular formula is C51H69BCl3N8O14. The van der Waals surface area contributed by atoms with Gasteiger partial charge in [-0.2, -0.15) is 0 Å². The van der Waals surface area contributed by atoms with Crippen LogP contribution in [0.25, 0.3) is 11.1 Å². The lowest BCUT2D eigenvalue weighted by Crippen LogP contribution is -2.47. The maximum absolute atomic E-state index is 13.4. The summed E-state index contributed by atoms with van der Waals surface area (Å²) < 4.78 is 13.7. The molecule has 0 saturated carbocycles. The molecule has 0 spiro atoms. The van der Waals surface area contributed by atoms with Crippen molar-refractivity contribution in [1.29, 1.82) is 0 Å². The third-order valence-corrected chi connectivity index (χ3v) is 11.7. The SMILES string of the molecule is CCC(=O)N(CCNC(=O)CN(CCNC(=O)CN(CCCC(=O)CN(CCNC(=O)OCC1c2ccccc2-c2ccccc21)C(=O)CNC(=O)OCC(Cl)(Cl)Cl)C(=O)CC)C(=O)C[B]C(=O)OC(C)(C)C)CC(C)=O. The lowest BCUT2D eigenvalue weighted by Gasteiger charge is -2.25. The van der Waals surface area contributed by atoms with Gasteiger partial charge in [-0.05, 0) is 56.4 Å². The van der Waals surface area contributed by atoms with Crippen molar-refractivity contribution in [1.82, 2.24) is 40.9 Å². The molecule has 421 valence electrons. The minimum atomic E-state index is -1.91. The highest BCUT2D eigenvalue weighted by molar-refractivity contribution is 6.74. The molecule has 0 aliphatic heterocycles. The molecule has 0 atom stereocenters. The Hall–Kier alpha value is -6.46. The molecule has 0 heterocycles. The van der Waals surface area contributed by atoms with E-state index in [1.807, 2.05) is 48.5 Å². The monoisotopic (exact) mass is 1130 g/mol. The molecule has 1 aliphatic rings.